The van der Waals surface area contributed by atoms with Gasteiger partial charge < -0.3 is 19.5 Å². The number of aromatic nitrogens is 1. The van der Waals surface area contributed by atoms with Crippen LogP contribution >= 0.6 is 11.3 Å². The summed E-state index contributed by atoms with van der Waals surface area (Å²) in [6.07, 6.45) is 0. The number of esters is 1. The summed E-state index contributed by atoms with van der Waals surface area (Å²) < 4.78 is 15.5. The van der Waals surface area contributed by atoms with Crippen LogP contribution in [0.2, 0.25) is 0 Å². The Hall–Kier alpha value is -3.91. The number of thiophene rings is 1. The number of amides is 1. The van der Waals surface area contributed by atoms with Crippen LogP contribution in [0.25, 0.3) is 21.5 Å². The van der Waals surface area contributed by atoms with E-state index in [2.05, 4.69) is 5.32 Å². The summed E-state index contributed by atoms with van der Waals surface area (Å²) in [5, 5.41) is 5.49. The summed E-state index contributed by atoms with van der Waals surface area (Å²) in [6.45, 7) is 0. The first-order valence-corrected chi connectivity index (χ1v) is 10.5. The van der Waals surface area contributed by atoms with Crippen molar-refractivity contribution in [1.29, 1.82) is 0 Å². The number of rotatable bonds is 6. The number of carbonyl (C=O) groups excluding carboxylic acids is 2. The lowest BCUT2D eigenvalue weighted by Crippen LogP contribution is -2.16. The molecule has 0 aliphatic carbocycles. The third-order valence-electron chi connectivity index (χ3n) is 4.91. The molecular formula is C24H20N2O5S. The number of nitrogens with zero attached hydrogens (tertiary/aromatic N) is 1. The van der Waals surface area contributed by atoms with E-state index in [1.165, 1.54) is 33.5 Å². The fourth-order valence-electron chi connectivity index (χ4n) is 3.36. The number of hydrogen-bond donors (Lipinski definition) is 1. The molecule has 1 amide bonds. The average Bonchev–Trinajstić information content (AvgIpc) is 3.37. The lowest BCUT2D eigenvalue weighted by molar-refractivity contribution is 0.0601. The van der Waals surface area contributed by atoms with E-state index in [9.17, 15) is 9.59 Å². The van der Waals surface area contributed by atoms with E-state index >= 15 is 0 Å². The quantitative estimate of drug-likeness (QED) is 0.417. The Labute approximate surface area is 188 Å². The van der Waals surface area contributed by atoms with Gasteiger partial charge in [-0.25, -0.2) is 9.78 Å². The fourth-order valence-corrected chi connectivity index (χ4v) is 4.05. The zero-order valence-corrected chi connectivity index (χ0v) is 18.5. The van der Waals surface area contributed by atoms with Crippen molar-refractivity contribution in [3.8, 4) is 22.1 Å². The highest BCUT2D eigenvalue weighted by atomic mass is 32.1. The third kappa shape index (κ3) is 4.00. The van der Waals surface area contributed by atoms with Gasteiger partial charge in [0, 0.05) is 17.5 Å². The summed E-state index contributed by atoms with van der Waals surface area (Å²) in [7, 11) is 4.21. The van der Waals surface area contributed by atoms with Gasteiger partial charge in [0.05, 0.1) is 54.2 Å². The van der Waals surface area contributed by atoms with Crippen molar-refractivity contribution in [2.24, 2.45) is 0 Å². The maximum atomic E-state index is 13.4. The molecule has 162 valence electrons. The van der Waals surface area contributed by atoms with Crippen molar-refractivity contribution in [2.75, 3.05) is 26.6 Å². The predicted octanol–water partition coefficient (Wildman–Crippen LogP) is 5.02. The SMILES string of the molecule is COC(=O)c1cc(OC)c(OC)cc1NC(=O)c1cc(-c2cccs2)nc2ccccc12. The van der Waals surface area contributed by atoms with Crippen LogP contribution in [0.15, 0.2) is 60.0 Å². The second kappa shape index (κ2) is 9.07. The molecule has 0 aliphatic heterocycles. The summed E-state index contributed by atoms with van der Waals surface area (Å²) in [5.41, 5.74) is 2.23. The summed E-state index contributed by atoms with van der Waals surface area (Å²) >= 11 is 1.54. The van der Waals surface area contributed by atoms with E-state index in [-0.39, 0.29) is 11.3 Å². The smallest absolute Gasteiger partial charge is 0.340 e. The van der Waals surface area contributed by atoms with E-state index in [4.69, 9.17) is 19.2 Å². The second-order valence-corrected chi connectivity index (χ2v) is 7.70. The third-order valence-corrected chi connectivity index (χ3v) is 5.80. The first kappa shape index (κ1) is 21.3. The normalized spacial score (nSPS) is 10.6. The minimum Gasteiger partial charge on any atom is -0.493 e. The van der Waals surface area contributed by atoms with Gasteiger partial charge in [0.15, 0.2) is 11.5 Å². The van der Waals surface area contributed by atoms with Gasteiger partial charge in [0.25, 0.3) is 5.91 Å². The van der Waals surface area contributed by atoms with Crippen LogP contribution in [-0.2, 0) is 4.74 Å². The second-order valence-electron chi connectivity index (χ2n) is 6.75. The summed E-state index contributed by atoms with van der Waals surface area (Å²) in [6, 6.07) is 16.1. The Kier molecular flexibility index (Phi) is 6.04. The van der Waals surface area contributed by atoms with E-state index in [1.54, 1.807) is 17.4 Å². The Bertz CT molecular complexity index is 1300. The molecule has 4 rings (SSSR count). The van der Waals surface area contributed by atoms with Crippen LogP contribution in [0.3, 0.4) is 0 Å². The zero-order chi connectivity index (χ0) is 22.7. The zero-order valence-electron chi connectivity index (χ0n) is 17.7. The van der Waals surface area contributed by atoms with Crippen LogP contribution in [0.5, 0.6) is 11.5 Å². The van der Waals surface area contributed by atoms with E-state index in [0.29, 0.717) is 33.7 Å². The number of fused-ring (bicyclic) bond motifs is 1. The number of methoxy groups -OCH3 is 3. The molecule has 2 aromatic heterocycles. The number of pyridine rings is 1. The molecule has 0 radical (unpaired) electrons. The Morgan fingerprint density at radius 3 is 2.34 bits per heavy atom. The number of ether oxygens (including phenoxy) is 3. The van der Waals surface area contributed by atoms with Gasteiger partial charge in [-0.15, -0.1) is 11.3 Å². The van der Waals surface area contributed by atoms with Crippen molar-refractivity contribution < 1.29 is 23.8 Å². The molecule has 8 heteroatoms. The molecule has 4 aromatic rings. The van der Waals surface area contributed by atoms with Gasteiger partial charge in [0.2, 0.25) is 0 Å². The van der Waals surface area contributed by atoms with Crippen molar-refractivity contribution in [2.45, 2.75) is 0 Å². The molecule has 2 aromatic carbocycles. The van der Waals surface area contributed by atoms with E-state index in [1.807, 2.05) is 41.8 Å². The summed E-state index contributed by atoms with van der Waals surface area (Å²) in [4.78, 5) is 31.4. The van der Waals surface area contributed by atoms with Crippen molar-refractivity contribution in [3.05, 3.63) is 71.1 Å². The molecule has 0 saturated carbocycles. The maximum absolute atomic E-state index is 13.4. The molecule has 7 nitrogen and oxygen atoms in total. The largest absolute Gasteiger partial charge is 0.493 e. The topological polar surface area (TPSA) is 86.8 Å². The molecule has 0 atom stereocenters. The minimum atomic E-state index is -0.611. The van der Waals surface area contributed by atoms with Crippen molar-refractivity contribution >= 4 is 39.8 Å². The van der Waals surface area contributed by atoms with E-state index in [0.717, 1.165) is 4.88 Å². The van der Waals surface area contributed by atoms with Gasteiger partial charge in [-0.05, 0) is 23.6 Å². The Morgan fingerprint density at radius 1 is 0.906 bits per heavy atom. The van der Waals surface area contributed by atoms with Gasteiger partial charge in [-0.3, -0.25) is 4.79 Å². The number of anilines is 1. The predicted molar refractivity (Wildman–Crippen MR) is 124 cm³/mol. The lowest BCUT2D eigenvalue weighted by Gasteiger charge is -2.15. The van der Waals surface area contributed by atoms with E-state index < -0.39 is 11.9 Å². The number of nitrogens with one attached hydrogen (secondary N) is 1. The van der Waals surface area contributed by atoms with Gasteiger partial charge in [-0.2, -0.15) is 0 Å². The number of carbonyl (C=O) groups is 2. The minimum absolute atomic E-state index is 0.148. The lowest BCUT2D eigenvalue weighted by atomic mass is 10.1. The molecule has 2 heterocycles. The maximum Gasteiger partial charge on any atom is 0.340 e. The van der Waals surface area contributed by atoms with Crippen molar-refractivity contribution in [3.63, 3.8) is 0 Å². The highest BCUT2D eigenvalue weighted by Crippen LogP contribution is 2.35. The van der Waals surface area contributed by atoms with Crippen LogP contribution in [0, 0.1) is 0 Å². The van der Waals surface area contributed by atoms with Crippen LogP contribution < -0.4 is 14.8 Å². The van der Waals surface area contributed by atoms with Gasteiger partial charge in [0.1, 0.15) is 0 Å². The fraction of sp³-hybridized carbons (Fsp3) is 0.125. The number of benzene rings is 2. The van der Waals surface area contributed by atoms with Crippen LogP contribution in [0.1, 0.15) is 20.7 Å². The molecule has 0 fully saturated rings. The molecule has 32 heavy (non-hydrogen) atoms. The first-order valence-electron chi connectivity index (χ1n) is 9.65. The van der Waals surface area contributed by atoms with Crippen molar-refractivity contribution in [1.82, 2.24) is 4.98 Å². The number of para-hydroxylation sites is 1. The van der Waals surface area contributed by atoms with Gasteiger partial charge in [-0.1, -0.05) is 24.3 Å². The number of hydrogen-bond acceptors (Lipinski definition) is 7. The Morgan fingerprint density at radius 2 is 1.66 bits per heavy atom. The monoisotopic (exact) mass is 448 g/mol. The van der Waals surface area contributed by atoms with Gasteiger partial charge >= 0.3 is 5.97 Å². The standard InChI is InChI=1S/C24H20N2O5S/c1-29-20-12-16(24(28)31-3)18(13-21(20)30-2)26-23(27)15-11-19(22-9-6-10-32-22)25-17-8-5-4-7-14(15)17/h4-13H,1-3H3,(H,26,27). The summed E-state index contributed by atoms with van der Waals surface area (Å²) in [5.74, 6) is -0.284. The molecule has 0 spiro atoms. The highest BCUT2D eigenvalue weighted by molar-refractivity contribution is 7.13. The molecule has 0 saturated heterocycles. The molecule has 0 aliphatic rings. The Balaban J connectivity index is 1.82. The first-order chi connectivity index (χ1) is 15.5. The molecular weight excluding hydrogens is 428 g/mol. The molecule has 1 N–H and O–H groups in total. The average molecular weight is 449 g/mol. The van der Waals surface area contributed by atoms with Crippen LogP contribution in [0.4, 0.5) is 5.69 Å². The molecule has 0 bridgehead atoms. The van der Waals surface area contributed by atoms with Crippen LogP contribution in [-0.4, -0.2) is 38.2 Å². The molecule has 0 unspecified atom stereocenters. The highest BCUT2D eigenvalue weighted by Gasteiger charge is 2.21.